The molecule has 2 aromatic rings. The molecule has 7 nitrogen and oxygen atoms in total. The minimum atomic E-state index is -0.745. The average molecular weight is 465 g/mol. The monoisotopic (exact) mass is 464 g/mol. The average Bonchev–Trinajstić information content (AvgIpc) is 3.39. The molecule has 0 radical (unpaired) electrons. The van der Waals surface area contributed by atoms with Gasteiger partial charge in [-0.1, -0.05) is 43.5 Å². The molecule has 3 aliphatic rings. The normalized spacial score (nSPS) is 25.1. The standard InChI is InChI=1S/C27H32N2O5/c1-32-21-14-13-18(17-22(21)33-2)15-16-28-26(30)23-24(19-9-5-3-6-10-19)29(34-25(23)27(28)31)20-11-7-4-8-12-20/h4,7-8,11-14,17,19,23-25H,3,5-6,9-10,15-16H2,1-2H3. The van der Waals surface area contributed by atoms with E-state index in [1.807, 2.05) is 53.6 Å². The highest BCUT2D eigenvalue weighted by molar-refractivity contribution is 6.07. The van der Waals surface area contributed by atoms with Crippen LogP contribution >= 0.6 is 0 Å². The Hall–Kier alpha value is -3.06. The van der Waals surface area contributed by atoms with E-state index in [9.17, 15) is 9.59 Å². The summed E-state index contributed by atoms with van der Waals surface area (Å²) < 4.78 is 10.7. The van der Waals surface area contributed by atoms with Gasteiger partial charge >= 0.3 is 0 Å². The first-order valence-corrected chi connectivity index (χ1v) is 12.2. The molecule has 0 spiro atoms. The maximum Gasteiger partial charge on any atom is 0.261 e. The van der Waals surface area contributed by atoms with E-state index in [-0.39, 0.29) is 17.9 Å². The highest BCUT2D eigenvalue weighted by Crippen LogP contribution is 2.45. The molecule has 180 valence electrons. The summed E-state index contributed by atoms with van der Waals surface area (Å²) in [4.78, 5) is 34.6. The van der Waals surface area contributed by atoms with Crippen molar-refractivity contribution >= 4 is 17.5 Å². The number of fused-ring (bicyclic) bond motifs is 1. The first-order chi connectivity index (χ1) is 16.6. The Morgan fingerprint density at radius 3 is 2.35 bits per heavy atom. The van der Waals surface area contributed by atoms with E-state index < -0.39 is 12.0 Å². The Kier molecular flexibility index (Phi) is 6.46. The van der Waals surface area contributed by atoms with Gasteiger partial charge in [0.25, 0.3) is 5.91 Å². The van der Waals surface area contributed by atoms with E-state index in [0.717, 1.165) is 36.9 Å². The lowest BCUT2D eigenvalue weighted by molar-refractivity contribution is -0.143. The van der Waals surface area contributed by atoms with E-state index in [4.69, 9.17) is 14.3 Å². The van der Waals surface area contributed by atoms with Gasteiger partial charge in [-0.05, 0) is 55.0 Å². The minimum Gasteiger partial charge on any atom is -0.493 e. The molecule has 2 aromatic carbocycles. The van der Waals surface area contributed by atoms with Gasteiger partial charge in [0.1, 0.15) is 0 Å². The largest absolute Gasteiger partial charge is 0.493 e. The van der Waals surface area contributed by atoms with Crippen molar-refractivity contribution in [3.05, 3.63) is 54.1 Å². The smallest absolute Gasteiger partial charge is 0.261 e. The van der Waals surface area contributed by atoms with Crippen LogP contribution in [0.3, 0.4) is 0 Å². The first kappa shape index (κ1) is 22.7. The van der Waals surface area contributed by atoms with Crippen molar-refractivity contribution in [2.24, 2.45) is 11.8 Å². The molecule has 0 aromatic heterocycles. The molecule has 2 heterocycles. The summed E-state index contributed by atoms with van der Waals surface area (Å²) in [6.07, 6.45) is 5.48. The lowest BCUT2D eigenvalue weighted by Crippen LogP contribution is -2.45. The summed E-state index contributed by atoms with van der Waals surface area (Å²) in [6, 6.07) is 15.4. The van der Waals surface area contributed by atoms with E-state index in [2.05, 4.69) is 0 Å². The summed E-state index contributed by atoms with van der Waals surface area (Å²) in [5.41, 5.74) is 1.89. The topological polar surface area (TPSA) is 68.3 Å². The number of nitrogens with zero attached hydrogens (tertiary/aromatic N) is 2. The van der Waals surface area contributed by atoms with Crippen molar-refractivity contribution < 1.29 is 23.9 Å². The SMILES string of the molecule is COc1ccc(CCN2C(=O)C3ON(c4ccccc4)C(C4CCCCC4)C3C2=O)cc1OC. The van der Waals surface area contributed by atoms with Crippen molar-refractivity contribution in [1.82, 2.24) is 4.90 Å². The van der Waals surface area contributed by atoms with E-state index in [1.54, 1.807) is 14.2 Å². The van der Waals surface area contributed by atoms with Gasteiger partial charge in [0.05, 0.1) is 31.9 Å². The molecule has 0 N–H and O–H groups in total. The molecule has 3 atom stereocenters. The van der Waals surface area contributed by atoms with Crippen LogP contribution < -0.4 is 14.5 Å². The molecule has 34 heavy (non-hydrogen) atoms. The molecule has 1 saturated carbocycles. The lowest BCUT2D eigenvalue weighted by atomic mass is 9.77. The number of para-hydroxylation sites is 1. The zero-order valence-electron chi connectivity index (χ0n) is 19.8. The quantitative estimate of drug-likeness (QED) is 0.577. The molecule has 0 bridgehead atoms. The van der Waals surface area contributed by atoms with Gasteiger partial charge in [-0.3, -0.25) is 19.3 Å². The van der Waals surface area contributed by atoms with Crippen molar-refractivity contribution in [2.45, 2.75) is 50.7 Å². The number of benzene rings is 2. The van der Waals surface area contributed by atoms with Crippen molar-refractivity contribution in [1.29, 1.82) is 0 Å². The molecule has 2 saturated heterocycles. The second kappa shape index (κ2) is 9.66. The molecule has 2 aliphatic heterocycles. The Bertz CT molecular complexity index is 1040. The van der Waals surface area contributed by atoms with Crippen LogP contribution in [0.15, 0.2) is 48.5 Å². The van der Waals surface area contributed by atoms with E-state index >= 15 is 0 Å². The molecule has 1 aliphatic carbocycles. The third-order valence-corrected chi connectivity index (χ3v) is 7.47. The molecule has 3 unspecified atom stereocenters. The van der Waals surface area contributed by atoms with Crippen LogP contribution in [-0.2, 0) is 20.8 Å². The second-order valence-electron chi connectivity index (χ2n) is 9.37. The maximum absolute atomic E-state index is 13.6. The Morgan fingerprint density at radius 2 is 1.65 bits per heavy atom. The van der Waals surface area contributed by atoms with Gasteiger partial charge in [0, 0.05) is 6.54 Å². The Labute approximate surface area is 200 Å². The number of hydroxylamine groups is 1. The molecule has 2 amide bonds. The lowest BCUT2D eigenvalue weighted by Gasteiger charge is -2.35. The van der Waals surface area contributed by atoms with Crippen molar-refractivity contribution in [3.8, 4) is 11.5 Å². The summed E-state index contributed by atoms with van der Waals surface area (Å²) in [6.45, 7) is 0.326. The van der Waals surface area contributed by atoms with Crippen LogP contribution in [0.25, 0.3) is 0 Å². The van der Waals surface area contributed by atoms with Gasteiger partial charge in [0.2, 0.25) is 5.91 Å². The van der Waals surface area contributed by atoms with Crippen molar-refractivity contribution in [3.63, 3.8) is 0 Å². The number of anilines is 1. The molecular formula is C27H32N2O5. The van der Waals surface area contributed by atoms with Gasteiger partial charge in [-0.15, -0.1) is 0 Å². The highest BCUT2D eigenvalue weighted by atomic mass is 16.7. The molecular weight excluding hydrogens is 432 g/mol. The number of carbonyl (C=O) groups excluding carboxylic acids is 2. The number of methoxy groups -OCH3 is 2. The van der Waals surface area contributed by atoms with Crippen LogP contribution in [0, 0.1) is 11.8 Å². The first-order valence-electron chi connectivity index (χ1n) is 12.2. The zero-order chi connectivity index (χ0) is 23.7. The summed E-state index contributed by atoms with van der Waals surface area (Å²) in [5, 5.41) is 1.87. The van der Waals surface area contributed by atoms with Gasteiger partial charge in [-0.25, -0.2) is 5.06 Å². The highest BCUT2D eigenvalue weighted by Gasteiger charge is 2.60. The van der Waals surface area contributed by atoms with Crippen LogP contribution in [0.2, 0.25) is 0 Å². The molecule has 7 heteroatoms. The van der Waals surface area contributed by atoms with E-state index in [1.165, 1.54) is 11.3 Å². The summed E-state index contributed by atoms with van der Waals surface area (Å²) in [5.74, 6) is 0.834. The molecule has 5 rings (SSSR count). The molecule has 3 fully saturated rings. The Morgan fingerprint density at radius 1 is 0.912 bits per heavy atom. The Balaban J connectivity index is 1.36. The number of carbonyl (C=O) groups is 2. The third kappa shape index (κ3) is 4.02. The predicted molar refractivity (Wildman–Crippen MR) is 128 cm³/mol. The van der Waals surface area contributed by atoms with Crippen molar-refractivity contribution in [2.75, 3.05) is 25.8 Å². The van der Waals surface area contributed by atoms with Crippen LogP contribution in [0.4, 0.5) is 5.69 Å². The van der Waals surface area contributed by atoms with Crippen LogP contribution in [0.1, 0.15) is 37.7 Å². The van der Waals surface area contributed by atoms with Gasteiger partial charge in [-0.2, -0.15) is 0 Å². The van der Waals surface area contributed by atoms with Gasteiger partial charge in [0.15, 0.2) is 17.6 Å². The predicted octanol–water partition coefficient (Wildman–Crippen LogP) is 4.00. The number of rotatable bonds is 7. The van der Waals surface area contributed by atoms with Gasteiger partial charge < -0.3 is 9.47 Å². The third-order valence-electron chi connectivity index (χ3n) is 7.47. The fourth-order valence-electron chi connectivity index (χ4n) is 5.77. The fourth-order valence-corrected chi connectivity index (χ4v) is 5.77. The fraction of sp³-hybridized carbons (Fsp3) is 0.481. The summed E-state index contributed by atoms with van der Waals surface area (Å²) in [7, 11) is 3.19. The number of likely N-dealkylation sites (tertiary alicyclic amines) is 1. The van der Waals surface area contributed by atoms with Crippen LogP contribution in [-0.4, -0.2) is 49.6 Å². The number of hydrogen-bond acceptors (Lipinski definition) is 6. The van der Waals surface area contributed by atoms with E-state index in [0.29, 0.717) is 30.4 Å². The number of amides is 2. The summed E-state index contributed by atoms with van der Waals surface area (Å²) >= 11 is 0. The number of hydrogen-bond donors (Lipinski definition) is 0. The maximum atomic E-state index is 13.6. The minimum absolute atomic E-state index is 0.107. The van der Waals surface area contributed by atoms with Crippen LogP contribution in [0.5, 0.6) is 11.5 Å². The second-order valence-corrected chi connectivity index (χ2v) is 9.37. The number of imide groups is 1. The number of ether oxygens (including phenoxy) is 2. The zero-order valence-corrected chi connectivity index (χ0v) is 19.8.